The van der Waals surface area contributed by atoms with E-state index in [0.29, 0.717) is 0 Å². The van der Waals surface area contributed by atoms with Crippen LogP contribution in [0.25, 0.3) is 0 Å². The van der Waals surface area contributed by atoms with Crippen molar-refractivity contribution in [3.05, 3.63) is 34.9 Å². The van der Waals surface area contributed by atoms with Crippen molar-refractivity contribution in [3.63, 3.8) is 0 Å². The number of esters is 2. The van der Waals surface area contributed by atoms with Gasteiger partial charge in [-0.2, -0.15) is 0 Å². The summed E-state index contributed by atoms with van der Waals surface area (Å²) in [5.74, 6) is -1.08. The summed E-state index contributed by atoms with van der Waals surface area (Å²) < 4.78 is 10.1. The second-order valence-corrected chi connectivity index (χ2v) is 5.45. The van der Waals surface area contributed by atoms with Gasteiger partial charge < -0.3 is 9.47 Å². The number of carbonyl (C=O) groups excluding carboxylic acids is 2. The summed E-state index contributed by atoms with van der Waals surface area (Å²) in [4.78, 5) is 24.5. The second kappa shape index (κ2) is 7.25. The Labute approximate surface area is 126 Å². The highest BCUT2D eigenvalue weighted by Crippen LogP contribution is 2.27. The van der Waals surface area contributed by atoms with Crippen LogP contribution in [0, 0.1) is 19.3 Å². The van der Waals surface area contributed by atoms with Crippen LogP contribution in [0.1, 0.15) is 37.5 Å². The summed E-state index contributed by atoms with van der Waals surface area (Å²) in [6.45, 7) is 9.48. The monoisotopic (exact) mass is 292 g/mol. The molecule has 0 aliphatic heterocycles. The summed E-state index contributed by atoms with van der Waals surface area (Å²) in [6, 6.07) is 6.00. The molecule has 0 saturated carbocycles. The maximum Gasteiger partial charge on any atom is 0.323 e. The third-order valence-electron chi connectivity index (χ3n) is 3.29. The molecule has 0 bridgehead atoms. The van der Waals surface area contributed by atoms with Gasteiger partial charge in [0, 0.05) is 0 Å². The van der Waals surface area contributed by atoms with Gasteiger partial charge in [-0.05, 0) is 46.6 Å². The molecule has 4 heteroatoms. The van der Waals surface area contributed by atoms with Crippen LogP contribution in [-0.4, -0.2) is 25.2 Å². The van der Waals surface area contributed by atoms with Crippen LogP contribution in [0.3, 0.4) is 0 Å². The van der Waals surface area contributed by atoms with Crippen molar-refractivity contribution in [1.29, 1.82) is 0 Å². The number of ether oxygens (including phenoxy) is 2. The molecule has 0 spiro atoms. The van der Waals surface area contributed by atoms with Crippen LogP contribution in [0.15, 0.2) is 18.2 Å². The van der Waals surface area contributed by atoms with Crippen LogP contribution >= 0.6 is 0 Å². The molecule has 0 heterocycles. The molecule has 0 fully saturated rings. The first-order valence-corrected chi connectivity index (χ1v) is 7.25. The van der Waals surface area contributed by atoms with Crippen LogP contribution in [-0.2, 0) is 25.5 Å². The number of rotatable bonds is 6. The number of aryl methyl sites for hydroxylation is 2. The Balaban J connectivity index is 3.12. The third-order valence-corrected chi connectivity index (χ3v) is 3.29. The van der Waals surface area contributed by atoms with Gasteiger partial charge in [-0.15, -0.1) is 0 Å². The molecule has 0 aromatic heterocycles. The third kappa shape index (κ3) is 4.31. The van der Waals surface area contributed by atoms with Crippen molar-refractivity contribution in [1.82, 2.24) is 0 Å². The van der Waals surface area contributed by atoms with E-state index in [1.54, 1.807) is 20.8 Å². The molecule has 4 nitrogen and oxygen atoms in total. The molecule has 0 radical (unpaired) electrons. The fourth-order valence-corrected chi connectivity index (χ4v) is 2.39. The Bertz CT molecular complexity index is 481. The smallest absolute Gasteiger partial charge is 0.323 e. The number of benzene rings is 1. The quantitative estimate of drug-likeness (QED) is 0.597. The summed E-state index contributed by atoms with van der Waals surface area (Å²) in [5.41, 5.74) is 1.81. The number of hydrogen-bond acceptors (Lipinski definition) is 4. The Morgan fingerprint density at radius 1 is 0.952 bits per heavy atom. The van der Waals surface area contributed by atoms with Crippen LogP contribution < -0.4 is 0 Å². The Morgan fingerprint density at radius 2 is 1.38 bits per heavy atom. The fraction of sp³-hybridized carbons (Fsp3) is 0.529. The molecule has 1 rings (SSSR count). The van der Waals surface area contributed by atoms with Crippen LogP contribution in [0.4, 0.5) is 0 Å². The average molecular weight is 292 g/mol. The molecule has 0 amide bonds. The van der Waals surface area contributed by atoms with Crippen molar-refractivity contribution >= 4 is 11.9 Å². The van der Waals surface area contributed by atoms with E-state index in [-0.39, 0.29) is 19.6 Å². The van der Waals surface area contributed by atoms with Gasteiger partial charge in [-0.1, -0.05) is 29.3 Å². The highest BCUT2D eigenvalue weighted by Gasteiger charge is 2.44. The van der Waals surface area contributed by atoms with Crippen molar-refractivity contribution in [3.8, 4) is 0 Å². The van der Waals surface area contributed by atoms with E-state index in [0.717, 1.165) is 16.7 Å². The standard InChI is InChI=1S/C17H24O4/c1-6-20-15(18)17(5,16(19)21-7-2)11-14-9-12(3)8-13(4)10-14/h8-10H,6-7,11H2,1-5H3. The van der Waals surface area contributed by atoms with Gasteiger partial charge in [0.15, 0.2) is 5.41 Å². The highest BCUT2D eigenvalue weighted by molar-refractivity contribution is 5.99. The number of carbonyl (C=O) groups is 2. The maximum absolute atomic E-state index is 12.2. The first-order chi connectivity index (χ1) is 9.83. The Morgan fingerprint density at radius 3 is 1.76 bits per heavy atom. The molecular weight excluding hydrogens is 268 g/mol. The molecule has 0 unspecified atom stereocenters. The minimum absolute atomic E-state index is 0.237. The zero-order valence-electron chi connectivity index (χ0n) is 13.5. The van der Waals surface area contributed by atoms with Crippen LogP contribution in [0.5, 0.6) is 0 Å². The largest absolute Gasteiger partial charge is 0.465 e. The van der Waals surface area contributed by atoms with E-state index in [4.69, 9.17) is 9.47 Å². The molecule has 0 atom stereocenters. The average Bonchev–Trinajstić information content (AvgIpc) is 2.37. The number of hydrogen-bond donors (Lipinski definition) is 0. The maximum atomic E-state index is 12.2. The SMILES string of the molecule is CCOC(=O)C(C)(Cc1cc(C)cc(C)c1)C(=O)OCC. The molecule has 0 saturated heterocycles. The zero-order valence-corrected chi connectivity index (χ0v) is 13.5. The molecule has 116 valence electrons. The van der Waals surface area contributed by atoms with E-state index >= 15 is 0 Å². The molecule has 1 aromatic carbocycles. The molecular formula is C17H24O4. The lowest BCUT2D eigenvalue weighted by atomic mass is 9.83. The molecule has 21 heavy (non-hydrogen) atoms. The van der Waals surface area contributed by atoms with Crippen molar-refractivity contribution in [2.75, 3.05) is 13.2 Å². The van der Waals surface area contributed by atoms with Gasteiger partial charge in [0.05, 0.1) is 13.2 Å². The minimum atomic E-state index is -1.31. The van der Waals surface area contributed by atoms with E-state index in [9.17, 15) is 9.59 Å². The first-order valence-electron chi connectivity index (χ1n) is 7.25. The lowest BCUT2D eigenvalue weighted by molar-refractivity contribution is -0.170. The summed E-state index contributed by atoms with van der Waals surface area (Å²) in [5, 5.41) is 0. The lowest BCUT2D eigenvalue weighted by Crippen LogP contribution is -2.41. The van der Waals surface area contributed by atoms with E-state index in [2.05, 4.69) is 6.07 Å². The highest BCUT2D eigenvalue weighted by atomic mass is 16.6. The van der Waals surface area contributed by atoms with Gasteiger partial charge in [0.1, 0.15) is 0 Å². The van der Waals surface area contributed by atoms with Gasteiger partial charge >= 0.3 is 11.9 Å². The van der Waals surface area contributed by atoms with Crippen molar-refractivity contribution < 1.29 is 19.1 Å². The van der Waals surface area contributed by atoms with Gasteiger partial charge in [-0.3, -0.25) is 9.59 Å². The van der Waals surface area contributed by atoms with Crippen molar-refractivity contribution in [2.45, 2.75) is 41.0 Å². The molecule has 1 aromatic rings. The summed E-state index contributed by atoms with van der Waals surface area (Å²) >= 11 is 0. The Kier molecular flexibility index (Phi) is 5.94. The zero-order chi connectivity index (χ0) is 16.0. The van der Waals surface area contributed by atoms with Gasteiger partial charge in [-0.25, -0.2) is 0 Å². The molecule has 0 aliphatic carbocycles. The van der Waals surface area contributed by atoms with E-state index < -0.39 is 17.4 Å². The second-order valence-electron chi connectivity index (χ2n) is 5.45. The molecule has 0 N–H and O–H groups in total. The normalized spacial score (nSPS) is 11.1. The van der Waals surface area contributed by atoms with Gasteiger partial charge in [0.25, 0.3) is 0 Å². The predicted molar refractivity (Wildman–Crippen MR) is 81.0 cm³/mol. The van der Waals surface area contributed by atoms with E-state index in [1.165, 1.54) is 0 Å². The minimum Gasteiger partial charge on any atom is -0.465 e. The van der Waals surface area contributed by atoms with Crippen molar-refractivity contribution in [2.24, 2.45) is 5.41 Å². The topological polar surface area (TPSA) is 52.6 Å². The summed E-state index contributed by atoms with van der Waals surface area (Å²) in [6.07, 6.45) is 0.271. The predicted octanol–water partition coefficient (Wildman–Crippen LogP) is 2.98. The summed E-state index contributed by atoms with van der Waals surface area (Å²) in [7, 11) is 0. The van der Waals surface area contributed by atoms with Crippen LogP contribution in [0.2, 0.25) is 0 Å². The lowest BCUT2D eigenvalue weighted by Gasteiger charge is -2.25. The molecule has 0 aliphatic rings. The Hall–Kier alpha value is -1.84. The van der Waals surface area contributed by atoms with E-state index in [1.807, 2.05) is 26.0 Å². The fourth-order valence-electron chi connectivity index (χ4n) is 2.39. The van der Waals surface area contributed by atoms with Gasteiger partial charge in [0.2, 0.25) is 0 Å². The first kappa shape index (κ1) is 17.2.